The zero-order valence-corrected chi connectivity index (χ0v) is 14.3. The highest BCUT2D eigenvalue weighted by Crippen LogP contribution is 2.28. The lowest BCUT2D eigenvalue weighted by atomic mass is 10.2. The van der Waals surface area contributed by atoms with E-state index in [2.05, 4.69) is 6.58 Å². The summed E-state index contributed by atoms with van der Waals surface area (Å²) < 4.78 is 27.4. The number of rotatable bonds is 6. The number of para-hydroxylation sites is 1. The van der Waals surface area contributed by atoms with Gasteiger partial charge in [-0.25, -0.2) is 12.7 Å². The van der Waals surface area contributed by atoms with Crippen LogP contribution in [0.15, 0.2) is 72.3 Å². The summed E-state index contributed by atoms with van der Waals surface area (Å²) in [6, 6.07) is 14.2. The van der Waals surface area contributed by atoms with Crippen molar-refractivity contribution in [2.24, 2.45) is 0 Å². The smallest absolute Gasteiger partial charge is 0.242 e. The molecule has 0 radical (unpaired) electrons. The fourth-order valence-electron chi connectivity index (χ4n) is 2.18. The summed E-state index contributed by atoms with van der Waals surface area (Å²) in [6.45, 7) is 7.67. The van der Waals surface area contributed by atoms with Crippen LogP contribution < -0.4 is 4.31 Å². The molecule has 0 aliphatic rings. The molecule has 0 spiro atoms. The first-order valence-corrected chi connectivity index (χ1v) is 8.94. The monoisotopic (exact) mass is 327 g/mol. The second kappa shape index (κ2) is 7.29. The third-order valence-electron chi connectivity index (χ3n) is 3.45. The molecule has 4 heteroatoms. The van der Waals surface area contributed by atoms with Crippen molar-refractivity contribution < 1.29 is 8.42 Å². The average molecular weight is 327 g/mol. The fraction of sp³-hybridized carbons (Fsp3) is 0.158. The molecule has 0 aromatic heterocycles. The molecule has 0 aliphatic heterocycles. The zero-order chi connectivity index (χ0) is 16.9. The van der Waals surface area contributed by atoms with E-state index in [9.17, 15) is 8.42 Å². The average Bonchev–Trinajstić information content (AvgIpc) is 2.56. The fourth-order valence-corrected chi connectivity index (χ4v) is 3.55. The Kier molecular flexibility index (Phi) is 5.40. The SMILES string of the molecule is C=Cc1ccccc1N(/C=C/CC)S(=O)(=O)c1ccc(C)cc1. The Morgan fingerprint density at radius 1 is 1.09 bits per heavy atom. The van der Waals surface area contributed by atoms with Crippen LogP contribution in [0.5, 0.6) is 0 Å². The van der Waals surface area contributed by atoms with E-state index in [1.165, 1.54) is 4.31 Å². The Morgan fingerprint density at radius 2 is 1.74 bits per heavy atom. The van der Waals surface area contributed by atoms with E-state index in [0.29, 0.717) is 5.69 Å². The third-order valence-corrected chi connectivity index (χ3v) is 5.15. The minimum Gasteiger partial charge on any atom is -0.242 e. The van der Waals surface area contributed by atoms with Gasteiger partial charge in [0.15, 0.2) is 0 Å². The summed E-state index contributed by atoms with van der Waals surface area (Å²) in [4.78, 5) is 0.266. The van der Waals surface area contributed by atoms with Crippen molar-refractivity contribution in [3.8, 4) is 0 Å². The van der Waals surface area contributed by atoms with Crippen LogP contribution >= 0.6 is 0 Å². The number of hydrogen-bond donors (Lipinski definition) is 0. The summed E-state index contributed by atoms with van der Waals surface area (Å²) in [5.74, 6) is 0. The lowest BCUT2D eigenvalue weighted by Gasteiger charge is -2.22. The van der Waals surface area contributed by atoms with Crippen LogP contribution in [-0.4, -0.2) is 8.42 Å². The van der Waals surface area contributed by atoms with Gasteiger partial charge in [-0.3, -0.25) is 0 Å². The molecule has 23 heavy (non-hydrogen) atoms. The van der Waals surface area contributed by atoms with Gasteiger partial charge in [0.2, 0.25) is 0 Å². The molecule has 0 N–H and O–H groups in total. The zero-order valence-electron chi connectivity index (χ0n) is 13.4. The van der Waals surface area contributed by atoms with Crippen molar-refractivity contribution in [3.63, 3.8) is 0 Å². The summed E-state index contributed by atoms with van der Waals surface area (Å²) >= 11 is 0. The third kappa shape index (κ3) is 3.71. The van der Waals surface area contributed by atoms with E-state index in [1.54, 1.807) is 42.6 Å². The van der Waals surface area contributed by atoms with Gasteiger partial charge in [-0.05, 0) is 37.1 Å². The van der Waals surface area contributed by atoms with Crippen molar-refractivity contribution >= 4 is 21.8 Å². The molecule has 0 bridgehead atoms. The molecule has 0 atom stereocenters. The van der Waals surface area contributed by atoms with Crippen LogP contribution in [0.1, 0.15) is 24.5 Å². The predicted molar refractivity (Wildman–Crippen MR) is 96.8 cm³/mol. The number of aryl methyl sites for hydroxylation is 1. The maximum Gasteiger partial charge on any atom is 0.268 e. The highest BCUT2D eigenvalue weighted by molar-refractivity contribution is 7.93. The van der Waals surface area contributed by atoms with E-state index < -0.39 is 10.0 Å². The van der Waals surface area contributed by atoms with Gasteiger partial charge in [-0.15, -0.1) is 0 Å². The lowest BCUT2D eigenvalue weighted by molar-refractivity contribution is 0.595. The van der Waals surface area contributed by atoms with Crippen LogP contribution in [-0.2, 0) is 10.0 Å². The Labute approximate surface area is 138 Å². The van der Waals surface area contributed by atoms with E-state index in [0.717, 1.165) is 17.5 Å². The number of allylic oxidation sites excluding steroid dienone is 1. The second-order valence-corrected chi connectivity index (χ2v) is 6.98. The standard InChI is InChI=1S/C19H21NO2S/c1-4-6-15-20(19-10-8-7-9-17(19)5-2)23(21,22)18-13-11-16(3)12-14-18/h5-15H,2,4H2,1,3H3/b15-6+. The Morgan fingerprint density at radius 3 is 2.35 bits per heavy atom. The van der Waals surface area contributed by atoms with Crippen molar-refractivity contribution in [1.82, 2.24) is 0 Å². The van der Waals surface area contributed by atoms with Crippen molar-refractivity contribution in [2.75, 3.05) is 4.31 Å². The molecule has 2 rings (SSSR count). The minimum atomic E-state index is -3.68. The molecule has 120 valence electrons. The van der Waals surface area contributed by atoms with E-state index in [4.69, 9.17) is 0 Å². The van der Waals surface area contributed by atoms with Crippen molar-refractivity contribution in [1.29, 1.82) is 0 Å². The molecule has 0 fully saturated rings. The minimum absolute atomic E-state index is 0.266. The first-order valence-electron chi connectivity index (χ1n) is 7.50. The molecule has 3 nitrogen and oxygen atoms in total. The van der Waals surface area contributed by atoms with Gasteiger partial charge >= 0.3 is 0 Å². The Bertz CT molecular complexity index is 806. The van der Waals surface area contributed by atoms with Gasteiger partial charge in [0.1, 0.15) is 0 Å². The first-order chi connectivity index (χ1) is 11.0. The number of sulfonamides is 1. The van der Waals surface area contributed by atoms with E-state index in [1.807, 2.05) is 38.1 Å². The number of benzene rings is 2. The van der Waals surface area contributed by atoms with Crippen LogP contribution in [0.3, 0.4) is 0 Å². The second-order valence-electron chi connectivity index (χ2n) is 5.17. The lowest BCUT2D eigenvalue weighted by Crippen LogP contribution is -2.26. The predicted octanol–water partition coefficient (Wildman–Crippen LogP) is 4.76. The van der Waals surface area contributed by atoms with Gasteiger partial charge < -0.3 is 0 Å². The molecular formula is C19H21NO2S. The molecule has 0 amide bonds. The summed E-state index contributed by atoms with van der Waals surface area (Å²) in [6.07, 6.45) is 5.84. The quantitative estimate of drug-likeness (QED) is 0.767. The first kappa shape index (κ1) is 17.0. The number of hydrogen-bond acceptors (Lipinski definition) is 2. The summed E-state index contributed by atoms with van der Waals surface area (Å²) in [5, 5.41) is 0. The normalized spacial score (nSPS) is 11.6. The van der Waals surface area contributed by atoms with Crippen LogP contribution in [0.4, 0.5) is 5.69 Å². The Hall–Kier alpha value is -2.33. The molecule has 0 aliphatic carbocycles. The Balaban J connectivity index is 2.60. The summed E-state index contributed by atoms with van der Waals surface area (Å²) in [5.41, 5.74) is 2.38. The molecule has 0 saturated heterocycles. The molecule has 0 saturated carbocycles. The topological polar surface area (TPSA) is 37.4 Å². The van der Waals surface area contributed by atoms with Crippen LogP contribution in [0, 0.1) is 6.92 Å². The largest absolute Gasteiger partial charge is 0.268 e. The molecule has 2 aromatic carbocycles. The van der Waals surface area contributed by atoms with Crippen LogP contribution in [0.25, 0.3) is 6.08 Å². The number of nitrogens with zero attached hydrogens (tertiary/aromatic N) is 1. The summed E-state index contributed by atoms with van der Waals surface area (Å²) in [7, 11) is -3.68. The molecule has 0 unspecified atom stereocenters. The van der Waals surface area contributed by atoms with Crippen LogP contribution in [0.2, 0.25) is 0 Å². The van der Waals surface area contributed by atoms with Crippen molar-refractivity contribution in [3.05, 3.63) is 78.5 Å². The molecule has 2 aromatic rings. The van der Waals surface area contributed by atoms with Gasteiger partial charge in [0.25, 0.3) is 10.0 Å². The maximum atomic E-state index is 13.1. The van der Waals surface area contributed by atoms with E-state index in [-0.39, 0.29) is 4.90 Å². The molecular weight excluding hydrogens is 306 g/mol. The van der Waals surface area contributed by atoms with Crippen molar-refractivity contribution in [2.45, 2.75) is 25.2 Å². The van der Waals surface area contributed by atoms with Gasteiger partial charge in [0, 0.05) is 6.20 Å². The van der Waals surface area contributed by atoms with E-state index >= 15 is 0 Å². The van der Waals surface area contributed by atoms with Gasteiger partial charge in [0.05, 0.1) is 10.6 Å². The maximum absolute atomic E-state index is 13.1. The highest BCUT2D eigenvalue weighted by atomic mass is 32.2. The molecule has 0 heterocycles. The highest BCUT2D eigenvalue weighted by Gasteiger charge is 2.24. The van der Waals surface area contributed by atoms with Gasteiger partial charge in [-0.1, -0.05) is 61.5 Å². The van der Waals surface area contributed by atoms with Gasteiger partial charge in [-0.2, -0.15) is 0 Å². The number of anilines is 1.